The van der Waals surface area contributed by atoms with Gasteiger partial charge in [0.1, 0.15) is 0 Å². The lowest BCUT2D eigenvalue weighted by molar-refractivity contribution is 0.269. The van der Waals surface area contributed by atoms with Gasteiger partial charge in [-0.25, -0.2) is 0 Å². The normalized spacial score (nSPS) is 26.0. The molecule has 1 rings (SSSR count). The van der Waals surface area contributed by atoms with Gasteiger partial charge in [-0.05, 0) is 56.7 Å². The predicted molar refractivity (Wildman–Crippen MR) is 66.8 cm³/mol. The average Bonchev–Trinajstić information content (AvgIpc) is 2.81. The molecule has 0 bridgehead atoms. The van der Waals surface area contributed by atoms with E-state index < -0.39 is 0 Å². The van der Waals surface area contributed by atoms with Crippen LogP contribution in [0, 0.1) is 17.3 Å². The van der Waals surface area contributed by atoms with Gasteiger partial charge >= 0.3 is 0 Å². The van der Waals surface area contributed by atoms with E-state index in [1.165, 1.54) is 32.4 Å². The number of hydrogen-bond donors (Lipinski definition) is 1. The summed E-state index contributed by atoms with van der Waals surface area (Å²) in [5.74, 6) is 1.96. The van der Waals surface area contributed by atoms with E-state index in [0.717, 1.165) is 18.4 Å². The predicted octanol–water partition coefficient (Wildman–Crippen LogP) is 2.34. The molecule has 0 amide bonds. The molecule has 2 unspecified atom stereocenters. The summed E-state index contributed by atoms with van der Waals surface area (Å²) >= 11 is 0. The molecule has 0 aromatic carbocycles. The Balaban J connectivity index is 2.04. The summed E-state index contributed by atoms with van der Waals surface area (Å²) in [6.07, 6.45) is 3.97. The smallest absolute Gasteiger partial charge is 0.000926 e. The van der Waals surface area contributed by atoms with Crippen molar-refractivity contribution in [1.82, 2.24) is 4.90 Å². The van der Waals surface area contributed by atoms with Crippen LogP contribution < -0.4 is 5.73 Å². The van der Waals surface area contributed by atoms with Crippen molar-refractivity contribution in [3.8, 4) is 0 Å². The van der Waals surface area contributed by atoms with Crippen LogP contribution in [-0.2, 0) is 0 Å². The number of hydrogen-bond acceptors (Lipinski definition) is 2. The molecule has 2 atom stereocenters. The molecule has 1 saturated carbocycles. The summed E-state index contributed by atoms with van der Waals surface area (Å²) in [6.45, 7) is 10.2. The highest BCUT2D eigenvalue weighted by molar-refractivity contribution is 4.84. The van der Waals surface area contributed by atoms with Crippen LogP contribution in [0.15, 0.2) is 0 Å². The summed E-state index contributed by atoms with van der Waals surface area (Å²) in [4.78, 5) is 2.49. The van der Waals surface area contributed by atoms with Crippen LogP contribution in [0.2, 0.25) is 0 Å². The first kappa shape index (κ1) is 13.0. The van der Waals surface area contributed by atoms with E-state index in [9.17, 15) is 0 Å². The van der Waals surface area contributed by atoms with E-state index in [1.807, 2.05) is 0 Å². The first-order chi connectivity index (χ1) is 6.94. The van der Waals surface area contributed by atoms with Crippen LogP contribution in [0.1, 0.15) is 40.0 Å². The zero-order chi connectivity index (χ0) is 11.5. The van der Waals surface area contributed by atoms with Gasteiger partial charge < -0.3 is 10.6 Å². The van der Waals surface area contributed by atoms with Gasteiger partial charge in [0, 0.05) is 6.54 Å². The fourth-order valence-corrected chi connectivity index (χ4v) is 2.07. The van der Waals surface area contributed by atoms with Crippen molar-refractivity contribution in [3.63, 3.8) is 0 Å². The molecule has 2 heteroatoms. The van der Waals surface area contributed by atoms with Gasteiger partial charge in [-0.3, -0.25) is 0 Å². The van der Waals surface area contributed by atoms with Crippen LogP contribution in [0.25, 0.3) is 0 Å². The van der Waals surface area contributed by atoms with Crippen molar-refractivity contribution in [2.24, 2.45) is 23.0 Å². The van der Waals surface area contributed by atoms with E-state index in [4.69, 9.17) is 5.73 Å². The molecule has 0 aliphatic heterocycles. The maximum Gasteiger partial charge on any atom is 0.000926 e. The molecule has 0 aromatic heterocycles. The maximum atomic E-state index is 5.72. The van der Waals surface area contributed by atoms with E-state index in [-0.39, 0.29) is 0 Å². The highest BCUT2D eigenvalue weighted by Crippen LogP contribution is 2.38. The van der Waals surface area contributed by atoms with Crippen LogP contribution >= 0.6 is 0 Å². The standard InChI is InChI=1S/C13H28N2/c1-11-8-12(11)9-15(4)7-5-6-13(2,3)10-14/h11-12H,5-10,14H2,1-4H3. The molecule has 0 saturated heterocycles. The van der Waals surface area contributed by atoms with Crippen LogP contribution in [-0.4, -0.2) is 31.6 Å². The lowest BCUT2D eigenvalue weighted by Crippen LogP contribution is -2.27. The van der Waals surface area contributed by atoms with Gasteiger partial charge in [-0.2, -0.15) is 0 Å². The minimum Gasteiger partial charge on any atom is -0.330 e. The van der Waals surface area contributed by atoms with Gasteiger partial charge in [-0.1, -0.05) is 20.8 Å². The number of nitrogens with zero attached hydrogens (tertiary/aromatic N) is 1. The summed E-state index contributed by atoms with van der Waals surface area (Å²) in [5, 5.41) is 0. The van der Waals surface area contributed by atoms with Crippen molar-refractivity contribution in [1.29, 1.82) is 0 Å². The Morgan fingerprint density at radius 1 is 1.40 bits per heavy atom. The summed E-state index contributed by atoms with van der Waals surface area (Å²) in [7, 11) is 2.25. The van der Waals surface area contributed by atoms with E-state index in [0.29, 0.717) is 5.41 Å². The Kier molecular flexibility index (Phi) is 4.60. The van der Waals surface area contributed by atoms with Crippen molar-refractivity contribution in [3.05, 3.63) is 0 Å². The first-order valence-corrected chi connectivity index (χ1v) is 6.33. The number of nitrogens with two attached hydrogens (primary N) is 1. The minimum absolute atomic E-state index is 0.327. The van der Waals surface area contributed by atoms with Crippen molar-refractivity contribution >= 4 is 0 Å². The molecule has 0 aromatic rings. The second-order valence-corrected chi connectivity index (χ2v) is 6.21. The molecule has 1 aliphatic carbocycles. The maximum absolute atomic E-state index is 5.72. The largest absolute Gasteiger partial charge is 0.330 e. The molecule has 15 heavy (non-hydrogen) atoms. The Morgan fingerprint density at radius 2 is 2.00 bits per heavy atom. The van der Waals surface area contributed by atoms with Gasteiger partial charge in [0.2, 0.25) is 0 Å². The first-order valence-electron chi connectivity index (χ1n) is 6.33. The zero-order valence-electron chi connectivity index (χ0n) is 10.9. The zero-order valence-corrected chi connectivity index (χ0v) is 10.9. The van der Waals surface area contributed by atoms with Gasteiger partial charge in [-0.15, -0.1) is 0 Å². The second kappa shape index (κ2) is 5.31. The van der Waals surface area contributed by atoms with E-state index in [2.05, 4.69) is 32.7 Å². The summed E-state index contributed by atoms with van der Waals surface area (Å²) < 4.78 is 0. The molecular formula is C13H28N2. The highest BCUT2D eigenvalue weighted by Gasteiger charge is 2.32. The third-order valence-corrected chi connectivity index (χ3v) is 3.77. The molecule has 1 fully saturated rings. The Labute approximate surface area is 95.2 Å². The second-order valence-electron chi connectivity index (χ2n) is 6.21. The molecule has 0 heterocycles. The fourth-order valence-electron chi connectivity index (χ4n) is 2.07. The number of rotatable bonds is 7. The van der Waals surface area contributed by atoms with E-state index in [1.54, 1.807) is 0 Å². The SMILES string of the molecule is CC1CC1CN(C)CCCC(C)(C)CN. The van der Waals surface area contributed by atoms with Crippen molar-refractivity contribution in [2.75, 3.05) is 26.7 Å². The van der Waals surface area contributed by atoms with Crippen LogP contribution in [0.5, 0.6) is 0 Å². The molecule has 90 valence electrons. The lowest BCUT2D eigenvalue weighted by atomic mass is 9.88. The third-order valence-electron chi connectivity index (χ3n) is 3.77. The minimum atomic E-state index is 0.327. The molecular weight excluding hydrogens is 184 g/mol. The quantitative estimate of drug-likeness (QED) is 0.702. The monoisotopic (exact) mass is 212 g/mol. The molecule has 2 N–H and O–H groups in total. The third kappa shape index (κ3) is 4.98. The van der Waals surface area contributed by atoms with E-state index >= 15 is 0 Å². The lowest BCUT2D eigenvalue weighted by Gasteiger charge is -2.24. The Morgan fingerprint density at radius 3 is 2.47 bits per heavy atom. The van der Waals surface area contributed by atoms with Crippen LogP contribution in [0.3, 0.4) is 0 Å². The van der Waals surface area contributed by atoms with Gasteiger partial charge in [0.05, 0.1) is 0 Å². The topological polar surface area (TPSA) is 29.3 Å². The summed E-state index contributed by atoms with van der Waals surface area (Å²) in [6, 6.07) is 0. The molecule has 0 radical (unpaired) electrons. The summed E-state index contributed by atoms with van der Waals surface area (Å²) in [5.41, 5.74) is 6.05. The molecule has 2 nitrogen and oxygen atoms in total. The molecule has 1 aliphatic rings. The highest BCUT2D eigenvalue weighted by atomic mass is 15.1. The van der Waals surface area contributed by atoms with Crippen molar-refractivity contribution < 1.29 is 0 Å². The average molecular weight is 212 g/mol. The Hall–Kier alpha value is -0.0800. The van der Waals surface area contributed by atoms with Crippen LogP contribution in [0.4, 0.5) is 0 Å². The van der Waals surface area contributed by atoms with Gasteiger partial charge in [0.15, 0.2) is 0 Å². The van der Waals surface area contributed by atoms with Crippen molar-refractivity contribution in [2.45, 2.75) is 40.0 Å². The Bertz CT molecular complexity index is 189. The molecule has 0 spiro atoms. The van der Waals surface area contributed by atoms with Gasteiger partial charge in [0.25, 0.3) is 0 Å². The fraction of sp³-hybridized carbons (Fsp3) is 1.00.